The summed E-state index contributed by atoms with van der Waals surface area (Å²) in [6.07, 6.45) is -0.140. The summed E-state index contributed by atoms with van der Waals surface area (Å²) in [4.78, 5) is 23.8. The summed E-state index contributed by atoms with van der Waals surface area (Å²) in [5.74, 6) is -1.43. The van der Waals surface area contributed by atoms with Crippen molar-refractivity contribution < 1.29 is 23.8 Å². The Labute approximate surface area is 122 Å². The van der Waals surface area contributed by atoms with Crippen molar-refractivity contribution in [3.05, 3.63) is 24.0 Å². The Balaban J connectivity index is 2.68. The van der Waals surface area contributed by atoms with Crippen LogP contribution in [0.3, 0.4) is 0 Å². The molecule has 0 spiro atoms. The number of carbonyl (C=O) groups excluding carboxylic acids is 1. The number of hydrogen-bond donors (Lipinski definition) is 2. The van der Waals surface area contributed by atoms with Crippen LogP contribution in [0.1, 0.15) is 20.3 Å². The van der Waals surface area contributed by atoms with Crippen molar-refractivity contribution in [1.29, 1.82) is 0 Å². The Morgan fingerprint density at radius 2 is 2.10 bits per heavy atom. The van der Waals surface area contributed by atoms with E-state index in [4.69, 9.17) is 9.84 Å². The van der Waals surface area contributed by atoms with Crippen LogP contribution >= 0.6 is 0 Å². The largest absolute Gasteiger partial charge is 0.491 e. The number of aliphatic carboxylic acids is 1. The molecule has 0 saturated heterocycles. The number of halogens is 1. The number of carbonyl (C=O) groups is 2. The van der Waals surface area contributed by atoms with E-state index >= 15 is 0 Å². The first kappa shape index (κ1) is 16.7. The highest BCUT2D eigenvalue weighted by Gasteiger charge is 2.14. The zero-order valence-corrected chi connectivity index (χ0v) is 12.1. The van der Waals surface area contributed by atoms with Gasteiger partial charge in [-0.05, 0) is 26.0 Å². The molecule has 2 amide bonds. The number of anilines is 1. The number of nitrogens with zero attached hydrogens (tertiary/aromatic N) is 1. The van der Waals surface area contributed by atoms with Gasteiger partial charge in [-0.15, -0.1) is 0 Å². The molecule has 1 aromatic rings. The molecule has 0 aliphatic heterocycles. The highest BCUT2D eigenvalue weighted by atomic mass is 19.1. The lowest BCUT2D eigenvalue weighted by Crippen LogP contribution is -2.36. The van der Waals surface area contributed by atoms with E-state index in [9.17, 15) is 14.0 Å². The van der Waals surface area contributed by atoms with E-state index in [-0.39, 0.29) is 24.4 Å². The van der Waals surface area contributed by atoms with Gasteiger partial charge in [-0.2, -0.15) is 0 Å². The number of nitrogens with one attached hydrogen (secondary N) is 1. The van der Waals surface area contributed by atoms with Crippen LogP contribution in [0.2, 0.25) is 0 Å². The zero-order chi connectivity index (χ0) is 15.8. The van der Waals surface area contributed by atoms with Crippen molar-refractivity contribution in [2.24, 2.45) is 0 Å². The van der Waals surface area contributed by atoms with Gasteiger partial charge in [0.1, 0.15) is 0 Å². The van der Waals surface area contributed by atoms with E-state index in [2.05, 4.69) is 5.32 Å². The molecular weight excluding hydrogens is 279 g/mol. The van der Waals surface area contributed by atoms with Crippen LogP contribution < -0.4 is 10.1 Å². The minimum absolute atomic E-state index is 0.0944. The highest BCUT2D eigenvalue weighted by molar-refractivity contribution is 5.89. The summed E-state index contributed by atoms with van der Waals surface area (Å²) in [6, 6.07) is 3.65. The predicted molar refractivity (Wildman–Crippen MR) is 76.1 cm³/mol. The van der Waals surface area contributed by atoms with Crippen LogP contribution in [0.5, 0.6) is 5.75 Å². The molecule has 6 nitrogen and oxygen atoms in total. The molecule has 0 aromatic heterocycles. The minimum Gasteiger partial charge on any atom is -0.491 e. The Morgan fingerprint density at radius 3 is 2.62 bits per heavy atom. The van der Waals surface area contributed by atoms with E-state index in [1.807, 2.05) is 0 Å². The number of hydrogen-bond acceptors (Lipinski definition) is 3. The van der Waals surface area contributed by atoms with E-state index in [1.54, 1.807) is 13.8 Å². The molecule has 0 aliphatic rings. The van der Waals surface area contributed by atoms with E-state index in [0.717, 1.165) is 6.07 Å². The summed E-state index contributed by atoms with van der Waals surface area (Å²) in [6.45, 7) is 4.29. The third kappa shape index (κ3) is 5.29. The first-order valence-corrected chi connectivity index (χ1v) is 6.68. The second-order valence-electron chi connectivity index (χ2n) is 4.23. The number of amides is 2. The van der Waals surface area contributed by atoms with Gasteiger partial charge in [0.2, 0.25) is 0 Å². The number of ether oxygens (including phenoxy) is 1. The summed E-state index contributed by atoms with van der Waals surface area (Å²) < 4.78 is 18.7. The van der Waals surface area contributed by atoms with Gasteiger partial charge >= 0.3 is 12.0 Å². The van der Waals surface area contributed by atoms with E-state index < -0.39 is 17.8 Å². The standard InChI is InChI=1S/C14H19FN2O4/c1-3-17(8-7-13(18)19)14(20)16-10-5-6-12(21-4-2)11(15)9-10/h5-6,9H,3-4,7-8H2,1-2H3,(H,16,20)(H,18,19). The molecule has 0 atom stereocenters. The van der Waals surface area contributed by atoms with Gasteiger partial charge in [0, 0.05) is 24.8 Å². The number of carboxylic acids is 1. The highest BCUT2D eigenvalue weighted by Crippen LogP contribution is 2.21. The van der Waals surface area contributed by atoms with Crippen molar-refractivity contribution in [3.63, 3.8) is 0 Å². The normalized spacial score (nSPS) is 10.0. The second-order valence-corrected chi connectivity index (χ2v) is 4.23. The van der Waals surface area contributed by atoms with Gasteiger partial charge in [0.25, 0.3) is 0 Å². The van der Waals surface area contributed by atoms with Gasteiger partial charge in [0.05, 0.1) is 13.0 Å². The molecule has 0 bridgehead atoms. The monoisotopic (exact) mass is 298 g/mol. The third-order valence-electron chi connectivity index (χ3n) is 2.75. The summed E-state index contributed by atoms with van der Waals surface area (Å²) >= 11 is 0. The fourth-order valence-electron chi connectivity index (χ4n) is 1.69. The first-order valence-electron chi connectivity index (χ1n) is 6.68. The van der Waals surface area contributed by atoms with Crippen molar-refractivity contribution in [2.45, 2.75) is 20.3 Å². The molecule has 0 saturated carbocycles. The van der Waals surface area contributed by atoms with Gasteiger partial charge in [-0.25, -0.2) is 9.18 Å². The van der Waals surface area contributed by atoms with Gasteiger partial charge in [-0.3, -0.25) is 4.79 Å². The number of urea groups is 1. The van der Waals surface area contributed by atoms with Gasteiger partial charge in [0.15, 0.2) is 11.6 Å². The van der Waals surface area contributed by atoms with Crippen molar-refractivity contribution in [2.75, 3.05) is 25.0 Å². The average molecular weight is 298 g/mol. The Morgan fingerprint density at radius 1 is 1.38 bits per heavy atom. The SMILES string of the molecule is CCOc1ccc(NC(=O)N(CC)CCC(=O)O)cc1F. The third-order valence-corrected chi connectivity index (χ3v) is 2.75. The van der Waals surface area contributed by atoms with Crippen LogP contribution in [0.4, 0.5) is 14.9 Å². The number of carboxylic acid groups (broad SMARTS) is 1. The molecule has 2 N–H and O–H groups in total. The Kier molecular flexibility index (Phi) is 6.45. The smallest absolute Gasteiger partial charge is 0.321 e. The van der Waals surface area contributed by atoms with Crippen molar-refractivity contribution in [1.82, 2.24) is 4.90 Å². The molecule has 1 rings (SSSR count). The maximum atomic E-state index is 13.7. The van der Waals surface area contributed by atoms with E-state index in [1.165, 1.54) is 17.0 Å². The molecule has 0 fully saturated rings. The summed E-state index contributed by atoms with van der Waals surface area (Å²) in [5.41, 5.74) is 0.287. The maximum absolute atomic E-state index is 13.7. The van der Waals surface area contributed by atoms with Gasteiger partial charge in [-0.1, -0.05) is 0 Å². The fourth-order valence-corrected chi connectivity index (χ4v) is 1.69. The number of benzene rings is 1. The fraction of sp³-hybridized carbons (Fsp3) is 0.429. The van der Waals surface area contributed by atoms with Crippen LogP contribution in [0.15, 0.2) is 18.2 Å². The molecule has 116 valence electrons. The number of rotatable bonds is 7. The molecule has 7 heteroatoms. The molecule has 0 aliphatic carbocycles. The average Bonchev–Trinajstić information content (AvgIpc) is 2.42. The molecular formula is C14H19FN2O4. The maximum Gasteiger partial charge on any atom is 0.321 e. The zero-order valence-electron chi connectivity index (χ0n) is 12.1. The quantitative estimate of drug-likeness (QED) is 0.811. The second kappa shape index (κ2) is 8.08. The molecule has 1 aromatic carbocycles. The van der Waals surface area contributed by atoms with Gasteiger partial charge < -0.3 is 20.1 Å². The summed E-state index contributed by atoms with van der Waals surface area (Å²) in [7, 11) is 0. The van der Waals surface area contributed by atoms with Crippen LogP contribution in [0, 0.1) is 5.82 Å². The Bertz CT molecular complexity index is 508. The molecule has 0 unspecified atom stereocenters. The summed E-state index contributed by atoms with van der Waals surface area (Å²) in [5, 5.41) is 11.2. The first-order chi connectivity index (χ1) is 9.97. The molecule has 0 radical (unpaired) electrons. The van der Waals surface area contributed by atoms with Crippen LogP contribution in [0.25, 0.3) is 0 Å². The molecule has 0 heterocycles. The minimum atomic E-state index is -0.978. The Hall–Kier alpha value is -2.31. The lowest BCUT2D eigenvalue weighted by molar-refractivity contribution is -0.137. The lowest BCUT2D eigenvalue weighted by atomic mass is 10.3. The van der Waals surface area contributed by atoms with Crippen molar-refractivity contribution >= 4 is 17.7 Å². The molecule has 21 heavy (non-hydrogen) atoms. The predicted octanol–water partition coefficient (Wildman–Crippen LogP) is 2.55. The topological polar surface area (TPSA) is 78.9 Å². The van der Waals surface area contributed by atoms with Crippen molar-refractivity contribution in [3.8, 4) is 5.75 Å². The van der Waals surface area contributed by atoms with E-state index in [0.29, 0.717) is 13.2 Å². The van der Waals surface area contributed by atoms with Crippen LogP contribution in [-0.2, 0) is 4.79 Å². The van der Waals surface area contributed by atoms with Crippen LogP contribution in [-0.4, -0.2) is 41.7 Å². The lowest BCUT2D eigenvalue weighted by Gasteiger charge is -2.20.